The van der Waals surface area contributed by atoms with Gasteiger partial charge in [-0.3, -0.25) is 9.78 Å². The molecule has 0 atom stereocenters. The Labute approximate surface area is 112 Å². The van der Waals surface area contributed by atoms with Crippen LogP contribution in [0.2, 0.25) is 0 Å². The second-order valence-corrected chi connectivity index (χ2v) is 4.17. The lowest BCUT2D eigenvalue weighted by Gasteiger charge is -2.06. The molecule has 4 heteroatoms. The third kappa shape index (κ3) is 3.89. The molecular weight excluding hydrogens is 238 g/mol. The fourth-order valence-corrected chi connectivity index (χ4v) is 1.68. The number of anilines is 1. The monoisotopic (exact) mass is 255 g/mol. The van der Waals surface area contributed by atoms with Crippen molar-refractivity contribution in [2.24, 2.45) is 0 Å². The van der Waals surface area contributed by atoms with Gasteiger partial charge in [-0.15, -0.1) is 0 Å². The van der Waals surface area contributed by atoms with Crippen molar-refractivity contribution in [2.45, 2.75) is 13.5 Å². The molecule has 2 N–H and O–H groups in total. The number of hydrogen-bond donors (Lipinski definition) is 2. The van der Waals surface area contributed by atoms with Crippen molar-refractivity contribution in [1.82, 2.24) is 10.3 Å². The molecule has 0 spiro atoms. The summed E-state index contributed by atoms with van der Waals surface area (Å²) in [5.74, 6) is -0.146. The Kier molecular flexibility index (Phi) is 4.64. The lowest BCUT2D eigenvalue weighted by molar-refractivity contribution is 0.102. The lowest BCUT2D eigenvalue weighted by atomic mass is 10.2. The maximum Gasteiger partial charge on any atom is 0.257 e. The third-order valence-electron chi connectivity index (χ3n) is 2.71. The zero-order valence-electron chi connectivity index (χ0n) is 10.9. The van der Waals surface area contributed by atoms with Crippen LogP contribution in [0, 0.1) is 0 Å². The first-order valence-corrected chi connectivity index (χ1v) is 6.30. The number of rotatable bonds is 5. The quantitative estimate of drug-likeness (QED) is 0.862. The van der Waals surface area contributed by atoms with Crippen molar-refractivity contribution in [3.63, 3.8) is 0 Å². The minimum Gasteiger partial charge on any atom is -0.322 e. The fraction of sp³-hybridized carbons (Fsp3) is 0.200. The van der Waals surface area contributed by atoms with Crippen molar-refractivity contribution >= 4 is 11.6 Å². The second kappa shape index (κ2) is 6.66. The highest BCUT2D eigenvalue weighted by atomic mass is 16.1. The lowest BCUT2D eigenvalue weighted by Crippen LogP contribution is -2.13. The van der Waals surface area contributed by atoms with E-state index < -0.39 is 0 Å². The summed E-state index contributed by atoms with van der Waals surface area (Å²) in [6.45, 7) is 3.86. The molecule has 0 aliphatic rings. The van der Waals surface area contributed by atoms with Crippen LogP contribution in [0.1, 0.15) is 22.8 Å². The van der Waals surface area contributed by atoms with Crippen LogP contribution in [0.4, 0.5) is 5.69 Å². The molecule has 0 radical (unpaired) electrons. The zero-order valence-corrected chi connectivity index (χ0v) is 10.9. The molecule has 0 unspecified atom stereocenters. The molecule has 1 aromatic carbocycles. The predicted octanol–water partition coefficient (Wildman–Crippen LogP) is 2.44. The molecule has 0 bridgehead atoms. The van der Waals surface area contributed by atoms with Gasteiger partial charge in [0.25, 0.3) is 5.91 Å². The van der Waals surface area contributed by atoms with Crippen molar-refractivity contribution in [3.05, 3.63) is 59.9 Å². The van der Waals surface area contributed by atoms with E-state index in [1.54, 1.807) is 24.5 Å². The summed E-state index contributed by atoms with van der Waals surface area (Å²) in [5, 5.41) is 6.10. The maximum atomic E-state index is 11.9. The minimum absolute atomic E-state index is 0.146. The number of aromatic nitrogens is 1. The minimum atomic E-state index is -0.146. The molecule has 1 aromatic heterocycles. The molecule has 2 rings (SSSR count). The van der Waals surface area contributed by atoms with E-state index >= 15 is 0 Å². The normalized spacial score (nSPS) is 10.2. The van der Waals surface area contributed by atoms with Crippen molar-refractivity contribution in [2.75, 3.05) is 11.9 Å². The van der Waals surface area contributed by atoms with Crippen molar-refractivity contribution in [3.8, 4) is 0 Å². The van der Waals surface area contributed by atoms with Crippen LogP contribution in [0.3, 0.4) is 0 Å². The van der Waals surface area contributed by atoms with Gasteiger partial charge in [-0.1, -0.05) is 19.1 Å². The van der Waals surface area contributed by atoms with E-state index in [9.17, 15) is 4.79 Å². The molecule has 4 nitrogen and oxygen atoms in total. The standard InChI is InChI=1S/C15H17N3O/c1-2-16-10-12-5-7-14(8-6-12)18-15(19)13-4-3-9-17-11-13/h3-9,11,16H,2,10H2,1H3,(H,18,19). The van der Waals surface area contributed by atoms with Gasteiger partial charge in [-0.05, 0) is 36.4 Å². The van der Waals surface area contributed by atoms with Crippen molar-refractivity contribution < 1.29 is 4.79 Å². The molecule has 0 aliphatic heterocycles. The van der Waals surface area contributed by atoms with Crippen LogP contribution in [-0.2, 0) is 6.54 Å². The topological polar surface area (TPSA) is 54.0 Å². The molecule has 1 heterocycles. The first-order valence-electron chi connectivity index (χ1n) is 6.30. The molecule has 0 aliphatic carbocycles. The average Bonchev–Trinajstić information content (AvgIpc) is 2.47. The molecule has 1 amide bonds. The second-order valence-electron chi connectivity index (χ2n) is 4.17. The molecule has 19 heavy (non-hydrogen) atoms. The van der Waals surface area contributed by atoms with Gasteiger partial charge in [0.1, 0.15) is 0 Å². The van der Waals surface area contributed by atoms with Crippen LogP contribution in [0.25, 0.3) is 0 Å². The number of carbonyl (C=O) groups is 1. The first kappa shape index (κ1) is 13.2. The summed E-state index contributed by atoms with van der Waals surface area (Å²) < 4.78 is 0. The SMILES string of the molecule is CCNCc1ccc(NC(=O)c2cccnc2)cc1. The smallest absolute Gasteiger partial charge is 0.257 e. The molecule has 98 valence electrons. The Hall–Kier alpha value is -2.20. The van der Waals surface area contributed by atoms with E-state index in [0.29, 0.717) is 5.56 Å². The summed E-state index contributed by atoms with van der Waals surface area (Å²) in [6, 6.07) is 11.3. The van der Waals surface area contributed by atoms with Gasteiger partial charge in [0.15, 0.2) is 0 Å². The van der Waals surface area contributed by atoms with Gasteiger partial charge in [-0.25, -0.2) is 0 Å². The van der Waals surface area contributed by atoms with Gasteiger partial charge in [-0.2, -0.15) is 0 Å². The number of carbonyl (C=O) groups excluding carboxylic acids is 1. The predicted molar refractivity (Wildman–Crippen MR) is 76.0 cm³/mol. The van der Waals surface area contributed by atoms with Gasteiger partial charge < -0.3 is 10.6 Å². The van der Waals surface area contributed by atoms with Gasteiger partial charge in [0.2, 0.25) is 0 Å². The van der Waals surface area contributed by atoms with Gasteiger partial charge in [0.05, 0.1) is 5.56 Å². The Morgan fingerprint density at radius 2 is 2.00 bits per heavy atom. The fourth-order valence-electron chi connectivity index (χ4n) is 1.68. The molecule has 2 aromatic rings. The van der Waals surface area contributed by atoms with Crippen LogP contribution >= 0.6 is 0 Å². The number of hydrogen-bond acceptors (Lipinski definition) is 3. The highest BCUT2D eigenvalue weighted by molar-refractivity contribution is 6.03. The van der Waals surface area contributed by atoms with E-state index in [0.717, 1.165) is 18.8 Å². The summed E-state index contributed by atoms with van der Waals surface area (Å²) in [4.78, 5) is 15.8. The van der Waals surface area contributed by atoms with E-state index in [2.05, 4.69) is 22.5 Å². The Bertz CT molecular complexity index is 523. The van der Waals surface area contributed by atoms with Crippen LogP contribution < -0.4 is 10.6 Å². The van der Waals surface area contributed by atoms with E-state index in [1.807, 2.05) is 24.3 Å². The molecule has 0 saturated carbocycles. The van der Waals surface area contributed by atoms with E-state index in [1.165, 1.54) is 5.56 Å². The van der Waals surface area contributed by atoms with Crippen molar-refractivity contribution in [1.29, 1.82) is 0 Å². The van der Waals surface area contributed by atoms with Crippen LogP contribution in [0.5, 0.6) is 0 Å². The van der Waals surface area contributed by atoms with E-state index in [-0.39, 0.29) is 5.91 Å². The number of nitrogens with zero attached hydrogens (tertiary/aromatic N) is 1. The number of benzene rings is 1. The van der Waals surface area contributed by atoms with E-state index in [4.69, 9.17) is 0 Å². The van der Waals surface area contributed by atoms with Gasteiger partial charge in [0, 0.05) is 24.6 Å². The number of nitrogens with one attached hydrogen (secondary N) is 2. The Morgan fingerprint density at radius 1 is 1.21 bits per heavy atom. The van der Waals surface area contributed by atoms with Gasteiger partial charge >= 0.3 is 0 Å². The first-order chi connectivity index (χ1) is 9.29. The van der Waals surface area contributed by atoms with Crippen LogP contribution in [0.15, 0.2) is 48.8 Å². The number of amides is 1. The molecule has 0 fully saturated rings. The Morgan fingerprint density at radius 3 is 2.63 bits per heavy atom. The number of pyridine rings is 1. The summed E-state index contributed by atoms with van der Waals surface area (Å²) in [6.07, 6.45) is 3.20. The highest BCUT2D eigenvalue weighted by Gasteiger charge is 2.05. The Balaban J connectivity index is 1.98. The average molecular weight is 255 g/mol. The zero-order chi connectivity index (χ0) is 13.5. The third-order valence-corrected chi connectivity index (χ3v) is 2.71. The molecule has 0 saturated heterocycles. The van der Waals surface area contributed by atoms with Crippen LogP contribution in [-0.4, -0.2) is 17.4 Å². The largest absolute Gasteiger partial charge is 0.322 e. The summed E-state index contributed by atoms with van der Waals surface area (Å²) >= 11 is 0. The maximum absolute atomic E-state index is 11.9. The summed E-state index contributed by atoms with van der Waals surface area (Å²) in [7, 11) is 0. The summed E-state index contributed by atoms with van der Waals surface area (Å²) in [5.41, 5.74) is 2.54. The molecular formula is C15H17N3O. The highest BCUT2D eigenvalue weighted by Crippen LogP contribution is 2.11.